The van der Waals surface area contributed by atoms with Crippen molar-refractivity contribution in [3.63, 3.8) is 0 Å². The SMILES string of the molecule is COc1cccc(NC(N)=NCC(C(C)C)N2CCN(C)CC2)c1. The summed E-state index contributed by atoms with van der Waals surface area (Å²) in [5, 5.41) is 3.14. The van der Waals surface area contributed by atoms with E-state index in [0.717, 1.165) is 37.6 Å². The summed E-state index contributed by atoms with van der Waals surface area (Å²) in [4.78, 5) is 9.48. The van der Waals surface area contributed by atoms with Gasteiger partial charge in [-0.3, -0.25) is 9.89 Å². The second-order valence-corrected chi connectivity index (χ2v) is 6.73. The molecule has 0 amide bonds. The first-order chi connectivity index (χ1) is 11.5. The summed E-state index contributed by atoms with van der Waals surface area (Å²) in [5.74, 6) is 1.79. The predicted octanol–water partition coefficient (Wildman–Crippen LogP) is 1.69. The number of piperazine rings is 1. The monoisotopic (exact) mass is 333 g/mol. The molecule has 1 aliphatic heterocycles. The van der Waals surface area contributed by atoms with E-state index >= 15 is 0 Å². The van der Waals surface area contributed by atoms with Gasteiger partial charge in [-0.25, -0.2) is 0 Å². The van der Waals surface area contributed by atoms with Crippen LogP contribution in [0.25, 0.3) is 0 Å². The van der Waals surface area contributed by atoms with Crippen molar-refractivity contribution >= 4 is 11.6 Å². The van der Waals surface area contributed by atoms with Crippen LogP contribution >= 0.6 is 0 Å². The van der Waals surface area contributed by atoms with Gasteiger partial charge in [-0.15, -0.1) is 0 Å². The van der Waals surface area contributed by atoms with Crippen LogP contribution in [0.4, 0.5) is 5.69 Å². The minimum atomic E-state index is 0.421. The molecule has 0 spiro atoms. The fourth-order valence-electron chi connectivity index (χ4n) is 2.98. The number of anilines is 1. The summed E-state index contributed by atoms with van der Waals surface area (Å²) in [5.41, 5.74) is 6.95. The highest BCUT2D eigenvalue weighted by molar-refractivity contribution is 5.92. The number of likely N-dealkylation sites (N-methyl/N-ethyl adjacent to an activating group) is 1. The Labute approximate surface area is 145 Å². The van der Waals surface area contributed by atoms with Crippen molar-refractivity contribution in [1.29, 1.82) is 0 Å². The van der Waals surface area contributed by atoms with Crippen LogP contribution in [0.2, 0.25) is 0 Å². The topological polar surface area (TPSA) is 66.1 Å². The van der Waals surface area contributed by atoms with Gasteiger partial charge in [0.25, 0.3) is 0 Å². The predicted molar refractivity (Wildman–Crippen MR) is 101 cm³/mol. The molecule has 1 aromatic carbocycles. The minimum Gasteiger partial charge on any atom is -0.497 e. The second kappa shape index (κ2) is 8.89. The number of methoxy groups -OCH3 is 1. The van der Waals surface area contributed by atoms with Gasteiger partial charge >= 0.3 is 0 Å². The van der Waals surface area contributed by atoms with Gasteiger partial charge in [0, 0.05) is 44.0 Å². The second-order valence-electron chi connectivity index (χ2n) is 6.73. The molecule has 1 aliphatic rings. The van der Waals surface area contributed by atoms with E-state index in [1.807, 2.05) is 24.3 Å². The summed E-state index contributed by atoms with van der Waals surface area (Å²) < 4.78 is 5.22. The molecule has 0 aliphatic carbocycles. The summed E-state index contributed by atoms with van der Waals surface area (Å²) in [6.07, 6.45) is 0. The standard InChI is InChI=1S/C18H31N5O/c1-14(2)17(23-10-8-22(3)9-11-23)13-20-18(19)21-15-6-5-7-16(12-15)24-4/h5-7,12,14,17H,8-11,13H2,1-4H3,(H3,19,20,21). The molecule has 1 aromatic rings. The molecule has 6 heteroatoms. The molecular formula is C18H31N5O. The Morgan fingerprint density at radius 1 is 1.29 bits per heavy atom. The molecule has 3 N–H and O–H groups in total. The van der Waals surface area contributed by atoms with Crippen molar-refractivity contribution in [3.05, 3.63) is 24.3 Å². The fourth-order valence-corrected chi connectivity index (χ4v) is 2.98. The lowest BCUT2D eigenvalue weighted by Crippen LogP contribution is -2.51. The number of guanidine groups is 1. The molecule has 1 saturated heterocycles. The molecule has 1 atom stereocenters. The Bertz CT molecular complexity index is 538. The maximum absolute atomic E-state index is 6.07. The number of nitrogens with two attached hydrogens (primary N) is 1. The Morgan fingerprint density at radius 2 is 2.00 bits per heavy atom. The number of aliphatic imine (C=N–C) groups is 1. The van der Waals surface area contributed by atoms with Crippen LogP contribution in [0, 0.1) is 5.92 Å². The quantitative estimate of drug-likeness (QED) is 0.613. The summed E-state index contributed by atoms with van der Waals surface area (Å²) in [7, 11) is 3.83. The lowest BCUT2D eigenvalue weighted by Gasteiger charge is -2.39. The highest BCUT2D eigenvalue weighted by Crippen LogP contribution is 2.17. The van der Waals surface area contributed by atoms with Crippen LogP contribution in [0.3, 0.4) is 0 Å². The molecule has 24 heavy (non-hydrogen) atoms. The van der Waals surface area contributed by atoms with Gasteiger partial charge in [-0.2, -0.15) is 0 Å². The smallest absolute Gasteiger partial charge is 0.193 e. The van der Waals surface area contributed by atoms with Gasteiger partial charge in [0.15, 0.2) is 5.96 Å². The third-order valence-electron chi connectivity index (χ3n) is 4.57. The first-order valence-corrected chi connectivity index (χ1v) is 8.63. The number of nitrogens with zero attached hydrogens (tertiary/aromatic N) is 3. The third kappa shape index (κ3) is 5.39. The molecule has 2 rings (SSSR count). The van der Waals surface area contributed by atoms with Gasteiger partial charge < -0.3 is 20.7 Å². The molecule has 1 unspecified atom stereocenters. The van der Waals surface area contributed by atoms with Gasteiger partial charge in [-0.1, -0.05) is 19.9 Å². The Kier molecular flexibility index (Phi) is 6.87. The van der Waals surface area contributed by atoms with Gasteiger partial charge in [0.05, 0.1) is 13.7 Å². The first-order valence-electron chi connectivity index (χ1n) is 8.63. The number of hydrogen-bond donors (Lipinski definition) is 2. The fraction of sp³-hybridized carbons (Fsp3) is 0.611. The minimum absolute atomic E-state index is 0.421. The molecule has 0 saturated carbocycles. The number of hydrogen-bond acceptors (Lipinski definition) is 4. The largest absolute Gasteiger partial charge is 0.497 e. The Hall–Kier alpha value is -1.79. The average Bonchev–Trinajstić information content (AvgIpc) is 2.56. The highest BCUT2D eigenvalue weighted by Gasteiger charge is 2.24. The van der Waals surface area contributed by atoms with E-state index in [1.54, 1.807) is 7.11 Å². The number of rotatable bonds is 6. The van der Waals surface area contributed by atoms with Crippen LogP contribution < -0.4 is 15.8 Å². The molecule has 1 fully saturated rings. The zero-order chi connectivity index (χ0) is 17.5. The Morgan fingerprint density at radius 3 is 2.62 bits per heavy atom. The molecule has 0 aromatic heterocycles. The summed E-state index contributed by atoms with van der Waals surface area (Å²) >= 11 is 0. The molecule has 0 radical (unpaired) electrons. The van der Waals surface area contributed by atoms with Crippen molar-refractivity contribution in [2.45, 2.75) is 19.9 Å². The van der Waals surface area contributed by atoms with Crippen LogP contribution in [-0.4, -0.2) is 68.7 Å². The van der Waals surface area contributed by atoms with E-state index in [0.29, 0.717) is 24.5 Å². The van der Waals surface area contributed by atoms with Crippen molar-refractivity contribution in [2.75, 3.05) is 52.2 Å². The molecule has 6 nitrogen and oxygen atoms in total. The van der Waals surface area contributed by atoms with Crippen LogP contribution in [0.15, 0.2) is 29.3 Å². The lowest BCUT2D eigenvalue weighted by atomic mass is 10.0. The van der Waals surface area contributed by atoms with Crippen molar-refractivity contribution in [2.24, 2.45) is 16.6 Å². The van der Waals surface area contributed by atoms with E-state index in [2.05, 4.69) is 41.0 Å². The van der Waals surface area contributed by atoms with Crippen molar-refractivity contribution in [1.82, 2.24) is 9.80 Å². The maximum Gasteiger partial charge on any atom is 0.193 e. The van der Waals surface area contributed by atoms with E-state index in [1.165, 1.54) is 0 Å². The van der Waals surface area contributed by atoms with Crippen molar-refractivity contribution < 1.29 is 4.74 Å². The van der Waals surface area contributed by atoms with Gasteiger partial charge in [0.2, 0.25) is 0 Å². The molecule has 0 bridgehead atoms. The number of nitrogens with one attached hydrogen (secondary N) is 1. The maximum atomic E-state index is 6.07. The lowest BCUT2D eigenvalue weighted by molar-refractivity contribution is 0.0926. The van der Waals surface area contributed by atoms with E-state index < -0.39 is 0 Å². The molecule has 134 valence electrons. The Balaban J connectivity index is 1.95. The molecular weight excluding hydrogens is 302 g/mol. The van der Waals surface area contributed by atoms with Gasteiger partial charge in [0.1, 0.15) is 5.75 Å². The van der Waals surface area contributed by atoms with Gasteiger partial charge in [-0.05, 0) is 25.1 Å². The zero-order valence-electron chi connectivity index (χ0n) is 15.3. The molecule has 1 heterocycles. The van der Waals surface area contributed by atoms with Crippen LogP contribution in [-0.2, 0) is 0 Å². The third-order valence-corrected chi connectivity index (χ3v) is 4.57. The normalized spacial score (nSPS) is 18.6. The van der Waals surface area contributed by atoms with E-state index in [-0.39, 0.29) is 0 Å². The average molecular weight is 333 g/mol. The zero-order valence-corrected chi connectivity index (χ0v) is 15.3. The van der Waals surface area contributed by atoms with Crippen molar-refractivity contribution in [3.8, 4) is 5.75 Å². The number of ether oxygens (including phenoxy) is 1. The van der Waals surface area contributed by atoms with E-state index in [4.69, 9.17) is 10.5 Å². The van der Waals surface area contributed by atoms with Crippen LogP contribution in [0.1, 0.15) is 13.8 Å². The van der Waals surface area contributed by atoms with Crippen LogP contribution in [0.5, 0.6) is 5.75 Å². The summed E-state index contributed by atoms with van der Waals surface area (Å²) in [6, 6.07) is 8.11. The summed E-state index contributed by atoms with van der Waals surface area (Å²) in [6.45, 7) is 9.64. The highest BCUT2D eigenvalue weighted by atomic mass is 16.5. The first kappa shape index (κ1) is 18.5. The van der Waals surface area contributed by atoms with E-state index in [9.17, 15) is 0 Å². The number of benzene rings is 1.